The second-order valence-corrected chi connectivity index (χ2v) is 10.8. The average Bonchev–Trinajstić information content (AvgIpc) is 3.02. The van der Waals surface area contributed by atoms with Crippen molar-refractivity contribution in [3.05, 3.63) is 25.8 Å². The molecule has 148 valence electrons. The van der Waals surface area contributed by atoms with Gasteiger partial charge in [0.2, 0.25) is 0 Å². The van der Waals surface area contributed by atoms with Crippen molar-refractivity contribution >= 4 is 35.1 Å². The SMILES string of the molecule is C[C@@H]1C[C@H](C)CN(CCCNC(=O)C2=Cc3sc4c(c3CS2)CCCC4)C1. The quantitative estimate of drug-likeness (QED) is 0.722. The number of hydrogen-bond acceptors (Lipinski definition) is 4. The van der Waals surface area contributed by atoms with E-state index in [-0.39, 0.29) is 5.91 Å². The zero-order valence-corrected chi connectivity index (χ0v) is 18.3. The van der Waals surface area contributed by atoms with E-state index in [0.29, 0.717) is 0 Å². The Labute approximate surface area is 172 Å². The third kappa shape index (κ3) is 4.63. The highest BCUT2D eigenvalue weighted by molar-refractivity contribution is 8.03. The lowest BCUT2D eigenvalue weighted by Crippen LogP contribution is -2.40. The Morgan fingerprint density at radius 1 is 1.19 bits per heavy atom. The standard InChI is InChI=1S/C22H32N2OS2/c1-15-10-16(2)13-24(12-15)9-5-8-23-22(25)21-11-20-18(14-26-21)17-6-3-4-7-19(17)27-20/h11,15-16H,3-10,12-14H2,1-2H3,(H,23,25)/t15-,16+. The van der Waals surface area contributed by atoms with Gasteiger partial charge in [-0.3, -0.25) is 4.79 Å². The van der Waals surface area contributed by atoms with Crippen LogP contribution in [0.1, 0.15) is 60.4 Å². The van der Waals surface area contributed by atoms with Crippen LogP contribution in [0.5, 0.6) is 0 Å². The van der Waals surface area contributed by atoms with Gasteiger partial charge in [-0.1, -0.05) is 13.8 Å². The van der Waals surface area contributed by atoms with E-state index >= 15 is 0 Å². The zero-order chi connectivity index (χ0) is 18.8. The van der Waals surface area contributed by atoms with Crippen molar-refractivity contribution in [1.82, 2.24) is 10.2 Å². The second-order valence-electron chi connectivity index (χ2n) is 8.67. The van der Waals surface area contributed by atoms with Crippen molar-refractivity contribution in [3.8, 4) is 0 Å². The number of carbonyl (C=O) groups is 1. The Balaban J connectivity index is 1.27. The van der Waals surface area contributed by atoms with E-state index in [1.165, 1.54) is 55.6 Å². The van der Waals surface area contributed by atoms with Crippen LogP contribution in [0, 0.1) is 11.8 Å². The molecule has 0 radical (unpaired) electrons. The highest BCUT2D eigenvalue weighted by atomic mass is 32.2. The molecule has 1 fully saturated rings. The van der Waals surface area contributed by atoms with Gasteiger partial charge in [-0.2, -0.15) is 0 Å². The minimum atomic E-state index is 0.123. The Hall–Kier alpha value is -0.780. The summed E-state index contributed by atoms with van der Waals surface area (Å²) in [4.78, 5) is 19.0. The van der Waals surface area contributed by atoms with Crippen LogP contribution in [-0.2, 0) is 23.4 Å². The number of nitrogens with one attached hydrogen (secondary N) is 1. The van der Waals surface area contributed by atoms with Gasteiger partial charge in [0.1, 0.15) is 0 Å². The van der Waals surface area contributed by atoms with Gasteiger partial charge in [0.15, 0.2) is 0 Å². The molecule has 0 bridgehead atoms. The number of rotatable bonds is 5. The lowest BCUT2D eigenvalue weighted by Gasteiger charge is -2.34. The molecule has 1 aromatic heterocycles. The molecule has 2 atom stereocenters. The number of likely N-dealkylation sites (tertiary alicyclic amines) is 1. The molecule has 3 aliphatic rings. The molecule has 1 N–H and O–H groups in total. The summed E-state index contributed by atoms with van der Waals surface area (Å²) >= 11 is 3.65. The molecule has 5 heteroatoms. The predicted octanol–water partition coefficient (Wildman–Crippen LogP) is 4.70. The molecule has 0 unspecified atom stereocenters. The number of piperidine rings is 1. The highest BCUT2D eigenvalue weighted by Crippen LogP contribution is 2.42. The number of carbonyl (C=O) groups excluding carboxylic acids is 1. The van der Waals surface area contributed by atoms with E-state index < -0.39 is 0 Å². The first-order valence-corrected chi connectivity index (χ1v) is 12.4. The second kappa shape index (κ2) is 8.71. The molecule has 1 aromatic rings. The molecule has 0 aromatic carbocycles. The summed E-state index contributed by atoms with van der Waals surface area (Å²) in [5, 5.41) is 3.16. The minimum absolute atomic E-state index is 0.123. The van der Waals surface area contributed by atoms with Gasteiger partial charge in [0, 0.05) is 35.1 Å². The van der Waals surface area contributed by atoms with Crippen LogP contribution in [0.3, 0.4) is 0 Å². The van der Waals surface area contributed by atoms with Crippen LogP contribution in [-0.4, -0.2) is 37.0 Å². The number of thioether (sulfide) groups is 1. The first-order chi connectivity index (χ1) is 13.1. The van der Waals surface area contributed by atoms with Gasteiger partial charge in [-0.15, -0.1) is 23.1 Å². The molecule has 0 spiro atoms. The Morgan fingerprint density at radius 3 is 2.78 bits per heavy atom. The first kappa shape index (κ1) is 19.5. The summed E-state index contributed by atoms with van der Waals surface area (Å²) in [5.74, 6) is 2.71. The largest absolute Gasteiger partial charge is 0.352 e. The van der Waals surface area contributed by atoms with Crippen LogP contribution >= 0.6 is 23.1 Å². The maximum Gasteiger partial charge on any atom is 0.257 e. The Morgan fingerprint density at radius 2 is 1.96 bits per heavy atom. The van der Waals surface area contributed by atoms with Crippen molar-refractivity contribution in [2.75, 3.05) is 26.2 Å². The smallest absolute Gasteiger partial charge is 0.257 e. The average molecular weight is 405 g/mol. The normalized spacial score (nSPS) is 25.5. The molecular formula is C22H32N2OS2. The molecule has 27 heavy (non-hydrogen) atoms. The predicted molar refractivity (Wildman–Crippen MR) is 117 cm³/mol. The van der Waals surface area contributed by atoms with E-state index in [2.05, 4.69) is 30.1 Å². The molecule has 1 amide bonds. The van der Waals surface area contributed by atoms with Crippen molar-refractivity contribution in [3.63, 3.8) is 0 Å². The molecule has 1 aliphatic carbocycles. The fraction of sp³-hybridized carbons (Fsp3) is 0.682. The number of fused-ring (bicyclic) bond motifs is 3. The summed E-state index contributed by atoms with van der Waals surface area (Å²) in [5.41, 5.74) is 3.12. The maximum atomic E-state index is 12.6. The number of hydrogen-bond donors (Lipinski definition) is 1. The minimum Gasteiger partial charge on any atom is -0.352 e. The molecule has 4 rings (SSSR count). The fourth-order valence-electron chi connectivity index (χ4n) is 4.94. The van der Waals surface area contributed by atoms with Gasteiger partial charge in [-0.05, 0) is 74.1 Å². The number of thiophene rings is 1. The van der Waals surface area contributed by atoms with E-state index in [1.54, 1.807) is 22.2 Å². The number of amides is 1. The van der Waals surface area contributed by atoms with Gasteiger partial charge in [-0.25, -0.2) is 0 Å². The van der Waals surface area contributed by atoms with Gasteiger partial charge >= 0.3 is 0 Å². The monoisotopic (exact) mass is 404 g/mol. The summed E-state index contributed by atoms with van der Waals surface area (Å²) in [6.07, 6.45) is 9.67. The third-order valence-electron chi connectivity index (χ3n) is 6.05. The highest BCUT2D eigenvalue weighted by Gasteiger charge is 2.25. The molecule has 3 nitrogen and oxygen atoms in total. The molecule has 0 saturated carbocycles. The molecule has 3 heterocycles. The molecule has 2 aliphatic heterocycles. The van der Waals surface area contributed by atoms with Crippen molar-refractivity contribution in [2.45, 2.75) is 58.1 Å². The van der Waals surface area contributed by atoms with E-state index in [9.17, 15) is 4.79 Å². The van der Waals surface area contributed by atoms with Crippen LogP contribution in [0.15, 0.2) is 4.91 Å². The van der Waals surface area contributed by atoms with Gasteiger partial charge in [0.25, 0.3) is 5.91 Å². The van der Waals surface area contributed by atoms with Gasteiger partial charge in [0.05, 0.1) is 4.91 Å². The van der Waals surface area contributed by atoms with Gasteiger partial charge < -0.3 is 10.2 Å². The molecular weight excluding hydrogens is 372 g/mol. The third-order valence-corrected chi connectivity index (χ3v) is 8.38. The van der Waals surface area contributed by atoms with E-state index in [4.69, 9.17) is 0 Å². The van der Waals surface area contributed by atoms with Crippen molar-refractivity contribution in [2.24, 2.45) is 11.8 Å². The number of nitrogens with zero attached hydrogens (tertiary/aromatic N) is 1. The van der Waals surface area contributed by atoms with Crippen LogP contribution < -0.4 is 5.32 Å². The first-order valence-electron chi connectivity index (χ1n) is 10.6. The van der Waals surface area contributed by atoms with E-state index in [1.807, 2.05) is 11.3 Å². The van der Waals surface area contributed by atoms with Crippen LogP contribution in [0.25, 0.3) is 6.08 Å². The summed E-state index contributed by atoms with van der Waals surface area (Å²) in [6.45, 7) is 9.02. The summed E-state index contributed by atoms with van der Waals surface area (Å²) < 4.78 is 0. The number of aryl methyl sites for hydroxylation is 1. The van der Waals surface area contributed by atoms with Crippen molar-refractivity contribution in [1.29, 1.82) is 0 Å². The zero-order valence-electron chi connectivity index (χ0n) is 16.7. The topological polar surface area (TPSA) is 32.3 Å². The Bertz CT molecular complexity index is 714. The lowest BCUT2D eigenvalue weighted by molar-refractivity contribution is -0.116. The van der Waals surface area contributed by atoms with E-state index in [0.717, 1.165) is 42.0 Å². The van der Waals surface area contributed by atoms with Crippen molar-refractivity contribution < 1.29 is 4.79 Å². The lowest BCUT2D eigenvalue weighted by atomic mass is 9.92. The summed E-state index contributed by atoms with van der Waals surface area (Å²) in [7, 11) is 0. The van der Waals surface area contributed by atoms with Crippen LogP contribution in [0.2, 0.25) is 0 Å². The summed E-state index contributed by atoms with van der Waals surface area (Å²) in [6, 6.07) is 0. The molecule has 1 saturated heterocycles. The maximum absolute atomic E-state index is 12.6. The Kier molecular flexibility index (Phi) is 6.30. The van der Waals surface area contributed by atoms with Crippen LogP contribution in [0.4, 0.5) is 0 Å². The fourth-order valence-corrected chi connectivity index (χ4v) is 7.49.